The summed E-state index contributed by atoms with van der Waals surface area (Å²) in [5.41, 5.74) is 6.72. The largest absolute Gasteiger partial charge is 0.307 e. The maximum atomic E-state index is 9.88. The van der Waals surface area contributed by atoms with Crippen LogP contribution in [0.5, 0.6) is 0 Å². The third-order valence-corrected chi connectivity index (χ3v) is 5.89. The Kier molecular flexibility index (Phi) is 2.55. The number of hydrogen-bond donors (Lipinski definition) is 0. The Hall–Kier alpha value is -3.64. The van der Waals surface area contributed by atoms with Crippen LogP contribution in [0.1, 0.15) is 11.1 Å². The van der Waals surface area contributed by atoms with E-state index in [1.165, 1.54) is 27.4 Å². The topological polar surface area (TPSA) is 32.1 Å². The van der Waals surface area contributed by atoms with Crippen molar-refractivity contribution in [2.24, 2.45) is 7.05 Å². The summed E-state index contributed by atoms with van der Waals surface area (Å²) < 4.78 is 4.56. The Bertz CT molecular complexity index is 1600. The first-order chi connectivity index (χ1) is 13.2. The van der Waals surface area contributed by atoms with Gasteiger partial charge < -0.3 is 4.40 Å². The van der Waals surface area contributed by atoms with Crippen molar-refractivity contribution in [1.29, 1.82) is 5.26 Å². The molecule has 3 nitrogen and oxygen atoms in total. The summed E-state index contributed by atoms with van der Waals surface area (Å²) in [6.07, 6.45) is 2.10. The molecule has 0 aliphatic rings. The number of aryl methyl sites for hydroxylation is 2. The van der Waals surface area contributed by atoms with Crippen molar-refractivity contribution in [3.8, 4) is 6.07 Å². The lowest BCUT2D eigenvalue weighted by molar-refractivity contribution is -0.643. The molecule has 0 aliphatic carbocycles. The van der Waals surface area contributed by atoms with E-state index in [2.05, 4.69) is 83.7 Å². The summed E-state index contributed by atoms with van der Waals surface area (Å²) in [6.45, 7) is 2.18. The molecule has 0 amide bonds. The molecular weight excluding hydrogens is 330 g/mol. The summed E-state index contributed by atoms with van der Waals surface area (Å²) in [5.74, 6) is 0. The number of nitriles is 1. The van der Waals surface area contributed by atoms with E-state index >= 15 is 0 Å². The van der Waals surface area contributed by atoms with Crippen molar-refractivity contribution < 1.29 is 4.57 Å². The highest BCUT2D eigenvalue weighted by atomic mass is 15.0. The molecule has 27 heavy (non-hydrogen) atoms. The van der Waals surface area contributed by atoms with Crippen molar-refractivity contribution in [2.75, 3.05) is 0 Å². The second-order valence-electron chi connectivity index (χ2n) is 7.32. The van der Waals surface area contributed by atoms with Crippen molar-refractivity contribution in [2.45, 2.75) is 6.92 Å². The number of benzene rings is 3. The van der Waals surface area contributed by atoms with Crippen molar-refractivity contribution in [1.82, 2.24) is 4.40 Å². The first kappa shape index (κ1) is 14.5. The van der Waals surface area contributed by atoms with Crippen LogP contribution in [0.2, 0.25) is 0 Å². The Labute approximate surface area is 155 Å². The lowest BCUT2D eigenvalue weighted by Crippen LogP contribution is -2.28. The second-order valence-corrected chi connectivity index (χ2v) is 7.32. The molecule has 0 fully saturated rings. The zero-order valence-electron chi connectivity index (χ0n) is 15.1. The van der Waals surface area contributed by atoms with Gasteiger partial charge in [0.05, 0.1) is 39.0 Å². The fourth-order valence-corrected chi connectivity index (χ4v) is 4.80. The Morgan fingerprint density at radius 3 is 2.59 bits per heavy atom. The van der Waals surface area contributed by atoms with Crippen LogP contribution in [0.25, 0.3) is 49.0 Å². The van der Waals surface area contributed by atoms with Crippen LogP contribution in [-0.4, -0.2) is 4.40 Å². The van der Waals surface area contributed by atoms with Gasteiger partial charge >= 0.3 is 0 Å². The predicted octanol–water partition coefficient (Wildman–Crippen LogP) is 4.99. The molecule has 6 rings (SSSR count). The first-order valence-electron chi connectivity index (χ1n) is 9.09. The maximum absolute atomic E-state index is 9.88. The third kappa shape index (κ3) is 1.59. The van der Waals surface area contributed by atoms with Gasteiger partial charge in [-0.2, -0.15) is 5.26 Å². The average molecular weight is 346 g/mol. The van der Waals surface area contributed by atoms with E-state index in [4.69, 9.17) is 0 Å². The van der Waals surface area contributed by atoms with Gasteiger partial charge in [0.1, 0.15) is 7.05 Å². The van der Waals surface area contributed by atoms with Gasteiger partial charge in [0.15, 0.2) is 6.20 Å². The number of pyridine rings is 2. The number of hydrogen-bond acceptors (Lipinski definition) is 1. The molecule has 0 N–H and O–H groups in total. The Balaban J connectivity index is 2.19. The second kappa shape index (κ2) is 4.75. The Morgan fingerprint density at radius 1 is 0.926 bits per heavy atom. The van der Waals surface area contributed by atoms with Crippen molar-refractivity contribution >= 4 is 49.0 Å². The third-order valence-electron chi connectivity index (χ3n) is 5.89. The van der Waals surface area contributed by atoms with Crippen LogP contribution in [0.15, 0.2) is 60.8 Å². The van der Waals surface area contributed by atoms with Crippen LogP contribution >= 0.6 is 0 Å². The fraction of sp³-hybridized carbons (Fsp3) is 0.0833. The summed E-state index contributed by atoms with van der Waals surface area (Å²) in [5, 5.41) is 15.7. The van der Waals surface area contributed by atoms with Gasteiger partial charge in [0.25, 0.3) is 0 Å². The van der Waals surface area contributed by atoms with Gasteiger partial charge in [0.2, 0.25) is 5.52 Å². The van der Waals surface area contributed by atoms with E-state index < -0.39 is 0 Å². The predicted molar refractivity (Wildman–Crippen MR) is 109 cm³/mol. The van der Waals surface area contributed by atoms with Gasteiger partial charge in [-0.05, 0) is 36.1 Å². The van der Waals surface area contributed by atoms with Crippen LogP contribution in [0.4, 0.5) is 0 Å². The van der Waals surface area contributed by atoms with Crippen molar-refractivity contribution in [3.05, 3.63) is 71.9 Å². The molecule has 0 spiro atoms. The number of rotatable bonds is 0. The average Bonchev–Trinajstić information content (AvgIpc) is 3.04. The zero-order chi connectivity index (χ0) is 18.3. The van der Waals surface area contributed by atoms with Crippen LogP contribution in [-0.2, 0) is 7.05 Å². The smallest absolute Gasteiger partial charge is 0.224 e. The number of para-hydroxylation sites is 1. The molecule has 3 aromatic heterocycles. The number of fused-ring (bicyclic) bond motifs is 6. The molecule has 3 heterocycles. The molecule has 0 atom stereocenters. The first-order valence-corrected chi connectivity index (χ1v) is 9.09. The normalized spacial score (nSPS) is 12.0. The zero-order valence-corrected chi connectivity index (χ0v) is 15.1. The van der Waals surface area contributed by atoms with Gasteiger partial charge in [-0.15, -0.1) is 0 Å². The van der Waals surface area contributed by atoms with Gasteiger partial charge in [-0.3, -0.25) is 0 Å². The van der Waals surface area contributed by atoms with E-state index in [9.17, 15) is 5.26 Å². The highest BCUT2D eigenvalue weighted by molar-refractivity contribution is 6.28. The molecule has 0 radical (unpaired) electrons. The molecule has 3 aromatic carbocycles. The monoisotopic (exact) mass is 346 g/mol. The maximum Gasteiger partial charge on any atom is 0.224 e. The van der Waals surface area contributed by atoms with E-state index in [1.807, 2.05) is 6.07 Å². The van der Waals surface area contributed by atoms with Crippen LogP contribution < -0.4 is 4.57 Å². The molecule has 0 saturated heterocycles. The minimum atomic E-state index is 0.739. The SMILES string of the molecule is Cc1cccc2c1c1c3c(cc[n+]1C)cc(C#N)c1c4ccccc4n2c13. The minimum absolute atomic E-state index is 0.739. The molecule has 126 valence electrons. The highest BCUT2D eigenvalue weighted by Gasteiger charge is 2.25. The lowest BCUT2D eigenvalue weighted by atomic mass is 9.97. The highest BCUT2D eigenvalue weighted by Crippen LogP contribution is 2.42. The summed E-state index contributed by atoms with van der Waals surface area (Å²) in [4.78, 5) is 0. The molecule has 3 heteroatoms. The minimum Gasteiger partial charge on any atom is -0.307 e. The number of nitrogens with zero attached hydrogens (tertiary/aromatic N) is 3. The van der Waals surface area contributed by atoms with Crippen LogP contribution in [0.3, 0.4) is 0 Å². The van der Waals surface area contributed by atoms with Crippen LogP contribution in [0, 0.1) is 18.3 Å². The van der Waals surface area contributed by atoms with Gasteiger partial charge in [-0.25, -0.2) is 4.57 Å². The molecule has 0 saturated carbocycles. The fourth-order valence-electron chi connectivity index (χ4n) is 4.80. The van der Waals surface area contributed by atoms with E-state index in [0.717, 1.165) is 32.8 Å². The number of aromatic nitrogens is 2. The van der Waals surface area contributed by atoms with E-state index in [1.54, 1.807) is 0 Å². The summed E-state index contributed by atoms with van der Waals surface area (Å²) in [7, 11) is 2.10. The standard InChI is InChI=1S/C24H16N3/c1-14-6-5-9-19-20(14)23-22-15(10-11-26(23)2)12-16(13-25)21-17-7-3-4-8-18(17)27(19)24(21)22/h3-12H,1-2H3/q+1. The molecule has 0 bridgehead atoms. The molecule has 6 aromatic rings. The summed E-state index contributed by atoms with van der Waals surface area (Å²) in [6, 6.07) is 21.5. The van der Waals surface area contributed by atoms with Crippen molar-refractivity contribution in [3.63, 3.8) is 0 Å². The van der Waals surface area contributed by atoms with E-state index in [0.29, 0.717) is 0 Å². The molecule has 0 aliphatic heterocycles. The van der Waals surface area contributed by atoms with Gasteiger partial charge in [-0.1, -0.05) is 30.3 Å². The van der Waals surface area contributed by atoms with Gasteiger partial charge in [0, 0.05) is 16.8 Å². The summed E-state index contributed by atoms with van der Waals surface area (Å²) >= 11 is 0. The Morgan fingerprint density at radius 2 is 1.74 bits per heavy atom. The molecular formula is C24H16N3+. The molecule has 0 unspecified atom stereocenters. The quantitative estimate of drug-likeness (QED) is 0.216. The lowest BCUT2D eigenvalue weighted by Gasteiger charge is -2.13. The van der Waals surface area contributed by atoms with E-state index in [-0.39, 0.29) is 0 Å².